The molecule has 7 nitrogen and oxygen atoms in total. The summed E-state index contributed by atoms with van der Waals surface area (Å²) in [5.74, 6) is 0.237. The van der Waals surface area contributed by atoms with Crippen LogP contribution in [-0.2, 0) is 13.2 Å². The van der Waals surface area contributed by atoms with Gasteiger partial charge in [-0.3, -0.25) is 0 Å². The van der Waals surface area contributed by atoms with E-state index in [1.807, 2.05) is 48.5 Å². The van der Waals surface area contributed by atoms with Crippen molar-refractivity contribution in [3.05, 3.63) is 102 Å². The van der Waals surface area contributed by atoms with Gasteiger partial charge in [0.1, 0.15) is 18.1 Å². The summed E-state index contributed by atoms with van der Waals surface area (Å²) in [6.07, 6.45) is 4.60. The van der Waals surface area contributed by atoms with E-state index < -0.39 is 5.97 Å². The summed E-state index contributed by atoms with van der Waals surface area (Å²) in [5, 5.41) is 20.2. The summed E-state index contributed by atoms with van der Waals surface area (Å²) in [5.41, 5.74) is 2.60. The number of hydrogen-bond acceptors (Lipinski definition) is 5. The highest BCUT2D eigenvalue weighted by Gasteiger charge is 2.17. The van der Waals surface area contributed by atoms with Crippen molar-refractivity contribution >= 4 is 33.9 Å². The minimum atomic E-state index is -1.000. The zero-order valence-corrected chi connectivity index (χ0v) is 17.6. The lowest BCUT2D eigenvalue weighted by Gasteiger charge is -2.14. The first kappa shape index (κ1) is 20.4. The molecule has 0 saturated carbocycles. The van der Waals surface area contributed by atoms with Crippen molar-refractivity contribution in [2.24, 2.45) is 0 Å². The molecule has 2 N–H and O–H groups in total. The molecule has 0 radical (unpaired) electrons. The zero-order valence-electron chi connectivity index (χ0n) is 17.6. The summed E-state index contributed by atoms with van der Waals surface area (Å²) in [6.45, 7) is 0.570. The molecule has 0 amide bonds. The highest BCUT2D eigenvalue weighted by molar-refractivity contribution is 5.97. The number of benzene rings is 3. The Hall–Kier alpha value is -4.52. The molecule has 0 spiro atoms. The van der Waals surface area contributed by atoms with Gasteiger partial charge in [0.25, 0.3) is 0 Å². The molecule has 7 heteroatoms. The monoisotopic (exact) mass is 436 g/mol. The fourth-order valence-electron chi connectivity index (χ4n) is 4.01. The van der Waals surface area contributed by atoms with Crippen molar-refractivity contribution in [1.82, 2.24) is 14.5 Å². The van der Waals surface area contributed by atoms with Crippen LogP contribution in [0.5, 0.6) is 5.75 Å². The Morgan fingerprint density at radius 2 is 1.82 bits per heavy atom. The second-order valence-electron chi connectivity index (χ2n) is 7.64. The van der Waals surface area contributed by atoms with Crippen LogP contribution in [0.2, 0.25) is 0 Å². The Morgan fingerprint density at radius 3 is 2.61 bits per heavy atom. The topological polar surface area (TPSA) is 101 Å². The number of carbonyl (C=O) groups is 1. The van der Waals surface area contributed by atoms with E-state index in [1.54, 1.807) is 35.2 Å². The van der Waals surface area contributed by atoms with E-state index in [4.69, 9.17) is 10.1 Å². The molecule has 0 saturated heterocycles. The predicted molar refractivity (Wildman–Crippen MR) is 126 cm³/mol. The number of fused-ring (bicyclic) bond motifs is 2. The smallest absolute Gasteiger partial charge is 0.352 e. The average Bonchev–Trinajstić information content (AvgIpc) is 3.21. The molecule has 162 valence electrons. The van der Waals surface area contributed by atoms with Gasteiger partial charge < -0.3 is 19.8 Å². The second-order valence-corrected chi connectivity index (χ2v) is 7.64. The molecule has 2 aromatic heterocycles. The number of aromatic carboxylic acids is 1. The number of rotatable bonds is 7. The Kier molecular flexibility index (Phi) is 5.28. The Morgan fingerprint density at radius 1 is 1.00 bits per heavy atom. The number of ether oxygens (including phenoxy) is 1. The van der Waals surface area contributed by atoms with Gasteiger partial charge in [0.05, 0.1) is 0 Å². The molecule has 0 unspecified atom stereocenters. The maximum atomic E-state index is 12.0. The van der Waals surface area contributed by atoms with Crippen LogP contribution in [0.15, 0.2) is 79.1 Å². The van der Waals surface area contributed by atoms with Crippen LogP contribution >= 0.6 is 0 Å². The molecule has 5 aromatic rings. The van der Waals surface area contributed by atoms with Gasteiger partial charge in [0, 0.05) is 36.1 Å². The molecule has 0 atom stereocenters. The minimum Gasteiger partial charge on any atom is -0.486 e. The standard InChI is InChI=1S/C26H20N4O3/c27-14-17-6-7-19-13-24(26(31)32)30(23(19)10-17)15-20-12-21(11-18-4-1-2-5-22(18)20)33-16-25-28-8-3-9-29-25/h1-14,27H,15-16H2,(H,31,32). The second kappa shape index (κ2) is 8.55. The van der Waals surface area contributed by atoms with E-state index in [2.05, 4.69) is 9.97 Å². The van der Waals surface area contributed by atoms with Crippen molar-refractivity contribution in [3.8, 4) is 5.75 Å². The van der Waals surface area contributed by atoms with Gasteiger partial charge in [-0.05, 0) is 52.2 Å². The first-order valence-electron chi connectivity index (χ1n) is 10.4. The maximum Gasteiger partial charge on any atom is 0.352 e. The molecule has 0 bridgehead atoms. The van der Waals surface area contributed by atoms with Gasteiger partial charge in [0.15, 0.2) is 5.82 Å². The quantitative estimate of drug-likeness (QED) is 0.353. The van der Waals surface area contributed by atoms with Crippen LogP contribution in [-0.4, -0.2) is 31.8 Å². The summed E-state index contributed by atoms with van der Waals surface area (Å²) in [4.78, 5) is 20.4. The third-order valence-corrected chi connectivity index (χ3v) is 5.55. The van der Waals surface area contributed by atoms with E-state index >= 15 is 0 Å². The number of hydrogen-bond donors (Lipinski definition) is 2. The maximum absolute atomic E-state index is 12.0. The Balaban J connectivity index is 1.60. The van der Waals surface area contributed by atoms with E-state index in [0.717, 1.165) is 27.2 Å². The predicted octanol–water partition coefficient (Wildman–Crippen LogP) is 4.91. The fraction of sp³-hybridized carbons (Fsp3) is 0.0769. The lowest BCUT2D eigenvalue weighted by Crippen LogP contribution is -2.10. The number of nitrogens with zero attached hydrogens (tertiary/aromatic N) is 3. The van der Waals surface area contributed by atoms with Crippen LogP contribution in [0.1, 0.15) is 27.4 Å². The van der Waals surface area contributed by atoms with Crippen molar-refractivity contribution in [2.75, 3.05) is 0 Å². The van der Waals surface area contributed by atoms with Gasteiger partial charge in [-0.15, -0.1) is 0 Å². The SMILES string of the molecule is N=Cc1ccc2cc(C(=O)O)n(Cc3cc(OCc4ncccn4)cc4ccccc34)c2c1. The molecule has 2 heterocycles. The third kappa shape index (κ3) is 4.04. The first-order chi connectivity index (χ1) is 16.1. The van der Waals surface area contributed by atoms with Gasteiger partial charge in [0.2, 0.25) is 0 Å². The molecule has 0 aliphatic carbocycles. The molecule has 0 aliphatic heterocycles. The zero-order chi connectivity index (χ0) is 22.8. The number of carboxylic acids is 1. The average molecular weight is 436 g/mol. The van der Waals surface area contributed by atoms with E-state index in [-0.39, 0.29) is 12.3 Å². The minimum absolute atomic E-state index is 0.195. The van der Waals surface area contributed by atoms with Crippen LogP contribution < -0.4 is 4.74 Å². The summed E-state index contributed by atoms with van der Waals surface area (Å²) < 4.78 is 7.76. The highest BCUT2D eigenvalue weighted by atomic mass is 16.5. The summed E-state index contributed by atoms with van der Waals surface area (Å²) in [6, 6.07) is 20.7. The van der Waals surface area contributed by atoms with Crippen LogP contribution in [0.4, 0.5) is 0 Å². The van der Waals surface area contributed by atoms with Crippen molar-refractivity contribution in [2.45, 2.75) is 13.2 Å². The molecule has 3 aromatic carbocycles. The Labute approximate surface area is 189 Å². The molecule has 33 heavy (non-hydrogen) atoms. The van der Waals surface area contributed by atoms with Gasteiger partial charge in [-0.1, -0.05) is 36.4 Å². The number of aromatic nitrogens is 3. The van der Waals surface area contributed by atoms with E-state index in [1.165, 1.54) is 6.21 Å². The molecular formula is C26H20N4O3. The Bertz CT molecular complexity index is 1490. The van der Waals surface area contributed by atoms with E-state index in [0.29, 0.717) is 23.7 Å². The first-order valence-corrected chi connectivity index (χ1v) is 10.4. The van der Waals surface area contributed by atoms with Crippen molar-refractivity contribution in [3.63, 3.8) is 0 Å². The number of carboxylic acid groups (broad SMARTS) is 1. The summed E-state index contributed by atoms with van der Waals surface area (Å²) >= 11 is 0. The van der Waals surface area contributed by atoms with Crippen molar-refractivity contribution in [1.29, 1.82) is 5.41 Å². The van der Waals surface area contributed by atoms with Crippen LogP contribution in [0.25, 0.3) is 21.7 Å². The molecule has 0 aliphatic rings. The van der Waals surface area contributed by atoms with Gasteiger partial charge in [-0.2, -0.15) is 0 Å². The van der Waals surface area contributed by atoms with Gasteiger partial charge >= 0.3 is 5.97 Å². The number of nitrogens with one attached hydrogen (secondary N) is 1. The molecule has 5 rings (SSSR count). The third-order valence-electron chi connectivity index (χ3n) is 5.55. The molecule has 0 fully saturated rings. The summed E-state index contributed by atoms with van der Waals surface area (Å²) in [7, 11) is 0. The van der Waals surface area contributed by atoms with Crippen LogP contribution in [0.3, 0.4) is 0 Å². The normalized spacial score (nSPS) is 11.0. The highest BCUT2D eigenvalue weighted by Crippen LogP contribution is 2.29. The van der Waals surface area contributed by atoms with E-state index in [9.17, 15) is 9.90 Å². The lowest BCUT2D eigenvalue weighted by atomic mass is 10.0. The van der Waals surface area contributed by atoms with Crippen LogP contribution in [0, 0.1) is 5.41 Å². The van der Waals surface area contributed by atoms with Crippen molar-refractivity contribution < 1.29 is 14.6 Å². The molecular weight excluding hydrogens is 416 g/mol. The largest absolute Gasteiger partial charge is 0.486 e. The van der Waals surface area contributed by atoms with Gasteiger partial charge in [-0.25, -0.2) is 14.8 Å². The fourth-order valence-corrected chi connectivity index (χ4v) is 4.01. The lowest BCUT2D eigenvalue weighted by molar-refractivity contribution is 0.0686.